The lowest BCUT2D eigenvalue weighted by atomic mass is 9.71. The van der Waals surface area contributed by atoms with Crippen LogP contribution >= 0.6 is 0 Å². The summed E-state index contributed by atoms with van der Waals surface area (Å²) in [5.74, 6) is 0. The molecule has 0 spiro atoms. The second-order valence-electron chi connectivity index (χ2n) is 9.76. The molecule has 7 N–H and O–H groups in total. The number of hydrogen-bond donors (Lipinski definition) is 5. The molecule has 0 aliphatic rings. The van der Waals surface area contributed by atoms with Crippen molar-refractivity contribution in [2.75, 3.05) is 19.8 Å². The molecule has 5 heteroatoms. The van der Waals surface area contributed by atoms with Crippen LogP contribution in [0.5, 0.6) is 0 Å². The van der Waals surface area contributed by atoms with Gasteiger partial charge in [-0.05, 0) is 38.5 Å². The van der Waals surface area contributed by atoms with Crippen LogP contribution in [0.3, 0.4) is 0 Å². The van der Waals surface area contributed by atoms with E-state index in [2.05, 4.69) is 13.0 Å². The van der Waals surface area contributed by atoms with Crippen LogP contribution in [0.15, 0.2) is 12.2 Å². The quantitative estimate of drug-likeness (QED) is 0.0993. The Morgan fingerprint density at radius 3 is 1.47 bits per heavy atom. The standard InChI is InChI=1S/C27H56N2O3/c1-2-3-4-5-6-7-8-9-10-11-12-13-14-15-16-17-19-26(28,21-24-31)27(29,22-25-32)20-18-23-30/h17,19,30-32H,2-16,18,20-25,28-29H2,1H3. The monoisotopic (exact) mass is 456 g/mol. The van der Waals surface area contributed by atoms with Gasteiger partial charge in [-0.3, -0.25) is 0 Å². The summed E-state index contributed by atoms with van der Waals surface area (Å²) in [6, 6.07) is 0. The molecule has 0 aromatic heterocycles. The first kappa shape index (κ1) is 31.5. The van der Waals surface area contributed by atoms with Gasteiger partial charge in [-0.2, -0.15) is 0 Å². The fourth-order valence-electron chi connectivity index (χ4n) is 4.62. The third kappa shape index (κ3) is 14.6. The SMILES string of the molecule is CCCCCCCCCCCCCCCCC=CC(N)(CCO)C(N)(CCO)CCCO. The number of hydrogen-bond acceptors (Lipinski definition) is 5. The molecule has 5 nitrogen and oxygen atoms in total. The maximum atomic E-state index is 9.51. The Morgan fingerprint density at radius 2 is 1.03 bits per heavy atom. The second kappa shape index (κ2) is 21.1. The zero-order valence-corrected chi connectivity index (χ0v) is 21.2. The molecule has 2 unspecified atom stereocenters. The minimum absolute atomic E-state index is 0.0440. The van der Waals surface area contributed by atoms with Crippen molar-refractivity contribution in [2.45, 2.75) is 140 Å². The van der Waals surface area contributed by atoms with E-state index >= 15 is 0 Å². The minimum atomic E-state index is -0.879. The molecule has 0 aliphatic carbocycles. The molecule has 0 bridgehead atoms. The van der Waals surface area contributed by atoms with E-state index in [0.717, 1.165) is 12.8 Å². The first-order valence-electron chi connectivity index (χ1n) is 13.6. The molecule has 0 aromatic rings. The lowest BCUT2D eigenvalue weighted by Crippen LogP contribution is -2.65. The van der Waals surface area contributed by atoms with E-state index in [9.17, 15) is 15.3 Å². The van der Waals surface area contributed by atoms with Gasteiger partial charge in [-0.25, -0.2) is 0 Å². The Hall–Kier alpha value is -0.460. The number of aliphatic hydroxyl groups excluding tert-OH is 3. The van der Waals surface area contributed by atoms with E-state index in [1.165, 1.54) is 83.5 Å². The third-order valence-electron chi connectivity index (χ3n) is 6.93. The highest BCUT2D eigenvalue weighted by molar-refractivity contribution is 5.18. The van der Waals surface area contributed by atoms with Gasteiger partial charge < -0.3 is 26.8 Å². The maximum absolute atomic E-state index is 9.51. The van der Waals surface area contributed by atoms with Crippen LogP contribution < -0.4 is 11.5 Å². The van der Waals surface area contributed by atoms with Gasteiger partial charge in [0, 0.05) is 25.4 Å². The summed E-state index contributed by atoms with van der Waals surface area (Å²) >= 11 is 0. The summed E-state index contributed by atoms with van der Waals surface area (Å²) in [7, 11) is 0. The molecule has 0 heterocycles. The lowest BCUT2D eigenvalue weighted by Gasteiger charge is -2.44. The highest BCUT2D eigenvalue weighted by atomic mass is 16.3. The van der Waals surface area contributed by atoms with Gasteiger partial charge in [0.25, 0.3) is 0 Å². The van der Waals surface area contributed by atoms with Crippen molar-refractivity contribution in [3.05, 3.63) is 12.2 Å². The van der Waals surface area contributed by atoms with E-state index in [4.69, 9.17) is 11.5 Å². The van der Waals surface area contributed by atoms with Crippen LogP contribution in [0.4, 0.5) is 0 Å². The Labute approximate surface area is 199 Å². The summed E-state index contributed by atoms with van der Waals surface area (Å²) in [6.07, 6.45) is 25.7. The van der Waals surface area contributed by atoms with Crippen LogP contribution in [0.1, 0.15) is 129 Å². The van der Waals surface area contributed by atoms with E-state index in [0.29, 0.717) is 25.7 Å². The van der Waals surface area contributed by atoms with Gasteiger partial charge in [0.2, 0.25) is 0 Å². The van der Waals surface area contributed by atoms with Crippen LogP contribution in [-0.4, -0.2) is 46.2 Å². The zero-order valence-electron chi connectivity index (χ0n) is 21.2. The van der Waals surface area contributed by atoms with Crippen LogP contribution in [0.25, 0.3) is 0 Å². The average Bonchev–Trinajstić information content (AvgIpc) is 2.77. The summed E-state index contributed by atoms with van der Waals surface area (Å²) < 4.78 is 0. The molecule has 192 valence electrons. The molecule has 0 saturated heterocycles. The molecule has 0 saturated carbocycles. The van der Waals surface area contributed by atoms with Crippen molar-refractivity contribution in [3.8, 4) is 0 Å². The van der Waals surface area contributed by atoms with Crippen molar-refractivity contribution >= 4 is 0 Å². The fraction of sp³-hybridized carbons (Fsp3) is 0.926. The van der Waals surface area contributed by atoms with Gasteiger partial charge >= 0.3 is 0 Å². The van der Waals surface area contributed by atoms with Gasteiger partial charge in [-0.15, -0.1) is 0 Å². The van der Waals surface area contributed by atoms with Crippen molar-refractivity contribution in [2.24, 2.45) is 11.5 Å². The molecule has 2 atom stereocenters. The zero-order chi connectivity index (χ0) is 24.0. The van der Waals surface area contributed by atoms with Crippen LogP contribution in [0, 0.1) is 0 Å². The number of nitrogens with two attached hydrogens (primary N) is 2. The summed E-state index contributed by atoms with van der Waals surface area (Å²) in [5, 5.41) is 28.2. The Kier molecular flexibility index (Phi) is 20.8. The predicted octanol–water partition coefficient (Wildman–Crippen LogP) is 5.35. The lowest BCUT2D eigenvalue weighted by molar-refractivity contribution is 0.138. The molecule has 0 aromatic carbocycles. The van der Waals surface area contributed by atoms with Gasteiger partial charge in [-0.1, -0.05) is 103 Å². The molecule has 0 amide bonds. The van der Waals surface area contributed by atoms with E-state index < -0.39 is 11.1 Å². The Bertz CT molecular complexity index is 433. The number of unbranched alkanes of at least 4 members (excludes halogenated alkanes) is 14. The summed E-state index contributed by atoms with van der Waals surface area (Å²) in [4.78, 5) is 0. The van der Waals surface area contributed by atoms with E-state index in [1.54, 1.807) is 0 Å². The number of rotatable bonds is 24. The van der Waals surface area contributed by atoms with Crippen molar-refractivity contribution in [1.82, 2.24) is 0 Å². The largest absolute Gasteiger partial charge is 0.396 e. The van der Waals surface area contributed by atoms with Crippen LogP contribution in [-0.2, 0) is 0 Å². The topological polar surface area (TPSA) is 113 Å². The highest BCUT2D eigenvalue weighted by Gasteiger charge is 2.42. The fourth-order valence-corrected chi connectivity index (χ4v) is 4.62. The molecular weight excluding hydrogens is 400 g/mol. The molecule has 0 rings (SSSR count). The normalized spacial score (nSPS) is 15.8. The maximum Gasteiger partial charge on any atom is 0.0544 e. The molecule has 32 heavy (non-hydrogen) atoms. The smallest absolute Gasteiger partial charge is 0.0544 e. The van der Waals surface area contributed by atoms with E-state index in [1.807, 2.05) is 6.08 Å². The summed E-state index contributed by atoms with van der Waals surface area (Å²) in [6.45, 7) is 2.21. The minimum Gasteiger partial charge on any atom is -0.396 e. The number of aliphatic hydroxyl groups is 3. The van der Waals surface area contributed by atoms with Crippen molar-refractivity contribution < 1.29 is 15.3 Å². The van der Waals surface area contributed by atoms with Gasteiger partial charge in [0.05, 0.1) is 5.54 Å². The first-order valence-corrected chi connectivity index (χ1v) is 13.6. The highest BCUT2D eigenvalue weighted by Crippen LogP contribution is 2.30. The van der Waals surface area contributed by atoms with Crippen molar-refractivity contribution in [3.63, 3.8) is 0 Å². The third-order valence-corrected chi connectivity index (χ3v) is 6.93. The first-order chi connectivity index (χ1) is 15.5. The van der Waals surface area contributed by atoms with E-state index in [-0.39, 0.29) is 19.8 Å². The van der Waals surface area contributed by atoms with Crippen molar-refractivity contribution in [1.29, 1.82) is 0 Å². The predicted molar refractivity (Wildman–Crippen MR) is 138 cm³/mol. The molecule has 0 radical (unpaired) electrons. The second-order valence-corrected chi connectivity index (χ2v) is 9.76. The van der Waals surface area contributed by atoms with Gasteiger partial charge in [0.15, 0.2) is 0 Å². The molecule has 0 aliphatic heterocycles. The van der Waals surface area contributed by atoms with Crippen LogP contribution in [0.2, 0.25) is 0 Å². The molecule has 0 fully saturated rings. The average molecular weight is 457 g/mol. The summed E-state index contributed by atoms with van der Waals surface area (Å²) in [5.41, 5.74) is 11.5. The Morgan fingerprint density at radius 1 is 0.562 bits per heavy atom. The Balaban J connectivity index is 3.99. The molecular formula is C27H56N2O3. The van der Waals surface area contributed by atoms with Gasteiger partial charge in [0.1, 0.15) is 0 Å². The number of allylic oxidation sites excluding steroid dienone is 1.